The van der Waals surface area contributed by atoms with E-state index in [0.717, 1.165) is 25.1 Å². The van der Waals surface area contributed by atoms with Crippen LogP contribution in [0.5, 0.6) is 0 Å². The van der Waals surface area contributed by atoms with Gasteiger partial charge in [-0.25, -0.2) is 0 Å². The average Bonchev–Trinajstić information content (AvgIpc) is 2.87. The highest BCUT2D eigenvalue weighted by atomic mass is 19.4. The molecule has 0 bridgehead atoms. The summed E-state index contributed by atoms with van der Waals surface area (Å²) < 4.78 is 44.5. The van der Waals surface area contributed by atoms with Crippen LogP contribution in [0.25, 0.3) is 0 Å². The summed E-state index contributed by atoms with van der Waals surface area (Å²) in [4.78, 5) is 3.78. The molecule has 1 heterocycles. The van der Waals surface area contributed by atoms with E-state index in [1.54, 1.807) is 0 Å². The van der Waals surface area contributed by atoms with Crippen molar-refractivity contribution in [3.8, 4) is 0 Å². The molecule has 1 unspecified atom stereocenters. The zero-order valence-electron chi connectivity index (χ0n) is 10.7. The third-order valence-electron chi connectivity index (χ3n) is 3.92. The first kappa shape index (κ1) is 14.3. The predicted octanol–water partition coefficient (Wildman–Crippen LogP) is 3.06. The fourth-order valence-electron chi connectivity index (χ4n) is 2.81. The van der Waals surface area contributed by atoms with Gasteiger partial charge in [-0.15, -0.1) is 0 Å². The number of ether oxygens (including phenoxy) is 1. The molecule has 1 saturated carbocycles. The fraction of sp³-hybridized carbons (Fsp3) is 0.615. The second-order valence-corrected chi connectivity index (χ2v) is 4.91. The topological polar surface area (TPSA) is 48.1 Å². The maximum Gasteiger partial charge on any atom is 0.416 e. The molecule has 0 spiro atoms. The number of alkyl halides is 3. The molecule has 3 nitrogen and oxygen atoms in total. The van der Waals surface area contributed by atoms with Gasteiger partial charge in [0.15, 0.2) is 0 Å². The van der Waals surface area contributed by atoms with E-state index in [1.165, 1.54) is 13.3 Å². The number of methoxy groups -OCH3 is 1. The van der Waals surface area contributed by atoms with Gasteiger partial charge in [0.05, 0.1) is 17.2 Å². The molecular formula is C13H17F3N2O. The summed E-state index contributed by atoms with van der Waals surface area (Å²) in [5.74, 6) is 0. The first-order valence-electron chi connectivity index (χ1n) is 6.22. The van der Waals surface area contributed by atoms with E-state index in [-0.39, 0.29) is 5.56 Å². The molecule has 1 aliphatic rings. The minimum absolute atomic E-state index is 0.0127. The van der Waals surface area contributed by atoms with Gasteiger partial charge < -0.3 is 10.5 Å². The first-order chi connectivity index (χ1) is 8.91. The van der Waals surface area contributed by atoms with Crippen molar-refractivity contribution in [1.82, 2.24) is 4.98 Å². The molecule has 2 N–H and O–H groups in total. The lowest BCUT2D eigenvalue weighted by molar-refractivity contribution is -0.139. The largest absolute Gasteiger partial charge is 0.416 e. The normalized spacial score (nSPS) is 20.5. The van der Waals surface area contributed by atoms with Crippen LogP contribution >= 0.6 is 0 Å². The van der Waals surface area contributed by atoms with Crippen LogP contribution in [-0.2, 0) is 10.9 Å². The lowest BCUT2D eigenvalue weighted by atomic mass is 9.86. The number of hydrogen-bond donors (Lipinski definition) is 1. The summed E-state index contributed by atoms with van der Waals surface area (Å²) in [6.45, 7) is 0. The van der Waals surface area contributed by atoms with Gasteiger partial charge in [0.1, 0.15) is 0 Å². The Labute approximate surface area is 110 Å². The van der Waals surface area contributed by atoms with Crippen molar-refractivity contribution in [3.05, 3.63) is 29.6 Å². The zero-order chi connectivity index (χ0) is 14.1. The zero-order valence-corrected chi connectivity index (χ0v) is 10.7. The van der Waals surface area contributed by atoms with Gasteiger partial charge in [0.25, 0.3) is 0 Å². The van der Waals surface area contributed by atoms with E-state index >= 15 is 0 Å². The summed E-state index contributed by atoms with van der Waals surface area (Å²) in [6.07, 6.45) is 1.10. The van der Waals surface area contributed by atoms with Crippen LogP contribution in [0.2, 0.25) is 0 Å². The van der Waals surface area contributed by atoms with Gasteiger partial charge >= 0.3 is 6.18 Å². The van der Waals surface area contributed by atoms with Crippen LogP contribution in [0.4, 0.5) is 13.2 Å². The minimum Gasteiger partial charge on any atom is -0.376 e. The third kappa shape index (κ3) is 2.60. The highest BCUT2D eigenvalue weighted by Gasteiger charge is 2.44. The number of aromatic nitrogens is 1. The van der Waals surface area contributed by atoms with Crippen LogP contribution in [0, 0.1) is 0 Å². The number of nitrogens with two attached hydrogens (primary N) is 1. The highest BCUT2D eigenvalue weighted by molar-refractivity contribution is 5.31. The maximum atomic E-state index is 13.0. The molecule has 1 atom stereocenters. The summed E-state index contributed by atoms with van der Waals surface area (Å²) >= 11 is 0. The summed E-state index contributed by atoms with van der Waals surface area (Å²) in [7, 11) is 1.51. The Bertz CT molecular complexity index is 442. The van der Waals surface area contributed by atoms with E-state index in [0.29, 0.717) is 12.8 Å². The Hall–Kier alpha value is -1.14. The number of nitrogens with zero attached hydrogens (tertiary/aromatic N) is 1. The highest BCUT2D eigenvalue weighted by Crippen LogP contribution is 2.44. The fourth-order valence-corrected chi connectivity index (χ4v) is 2.81. The molecule has 2 rings (SSSR count). The average molecular weight is 274 g/mol. The Morgan fingerprint density at radius 2 is 2.00 bits per heavy atom. The molecule has 0 saturated heterocycles. The molecule has 0 aliphatic heterocycles. The predicted molar refractivity (Wildman–Crippen MR) is 64.4 cm³/mol. The molecule has 1 aromatic heterocycles. The second kappa shape index (κ2) is 5.09. The summed E-state index contributed by atoms with van der Waals surface area (Å²) in [5.41, 5.74) is 4.66. The van der Waals surface area contributed by atoms with Crippen LogP contribution in [0.1, 0.15) is 42.9 Å². The molecule has 1 fully saturated rings. The van der Waals surface area contributed by atoms with Gasteiger partial charge in [0, 0.05) is 25.1 Å². The van der Waals surface area contributed by atoms with Gasteiger partial charge in [-0.2, -0.15) is 13.2 Å². The van der Waals surface area contributed by atoms with Crippen molar-refractivity contribution in [3.63, 3.8) is 0 Å². The van der Waals surface area contributed by atoms with Crippen LogP contribution in [-0.4, -0.2) is 17.7 Å². The standard InChI is InChI=1S/C13H17F3N2O/c1-19-12(5-2-3-6-12)11(17)9-8-18-7-4-10(9)13(14,15)16/h4,7-8,11H,2-3,5-6,17H2,1H3. The van der Waals surface area contributed by atoms with Crippen molar-refractivity contribution >= 4 is 0 Å². The lowest BCUT2D eigenvalue weighted by Gasteiger charge is -2.35. The van der Waals surface area contributed by atoms with Crippen molar-refractivity contribution < 1.29 is 17.9 Å². The maximum absolute atomic E-state index is 13.0. The number of pyridine rings is 1. The van der Waals surface area contributed by atoms with E-state index in [4.69, 9.17) is 10.5 Å². The number of rotatable bonds is 3. The SMILES string of the molecule is COC1(C(N)c2cnccc2C(F)(F)F)CCCC1. The van der Waals surface area contributed by atoms with Gasteiger partial charge in [-0.3, -0.25) is 4.98 Å². The quantitative estimate of drug-likeness (QED) is 0.921. The number of halogens is 3. The van der Waals surface area contributed by atoms with Crippen LogP contribution in [0.3, 0.4) is 0 Å². The molecule has 0 radical (unpaired) electrons. The number of hydrogen-bond acceptors (Lipinski definition) is 3. The van der Waals surface area contributed by atoms with Crippen molar-refractivity contribution in [2.24, 2.45) is 5.73 Å². The van der Waals surface area contributed by atoms with Gasteiger partial charge in [-0.05, 0) is 18.9 Å². The third-order valence-corrected chi connectivity index (χ3v) is 3.92. The van der Waals surface area contributed by atoms with Gasteiger partial charge in [-0.1, -0.05) is 12.8 Å². The first-order valence-corrected chi connectivity index (χ1v) is 6.22. The molecule has 1 aliphatic carbocycles. The van der Waals surface area contributed by atoms with Crippen molar-refractivity contribution in [2.75, 3.05) is 7.11 Å². The van der Waals surface area contributed by atoms with E-state index in [2.05, 4.69) is 4.98 Å². The van der Waals surface area contributed by atoms with Crippen LogP contribution < -0.4 is 5.73 Å². The molecule has 6 heteroatoms. The second-order valence-electron chi connectivity index (χ2n) is 4.91. The minimum atomic E-state index is -4.43. The van der Waals surface area contributed by atoms with E-state index in [9.17, 15) is 13.2 Å². The van der Waals surface area contributed by atoms with Crippen molar-refractivity contribution in [2.45, 2.75) is 43.5 Å². The molecule has 1 aromatic rings. The molecule has 19 heavy (non-hydrogen) atoms. The lowest BCUT2D eigenvalue weighted by Crippen LogP contribution is -2.41. The van der Waals surface area contributed by atoms with Crippen LogP contribution in [0.15, 0.2) is 18.5 Å². The Morgan fingerprint density at radius 1 is 1.37 bits per heavy atom. The molecule has 0 aromatic carbocycles. The smallest absolute Gasteiger partial charge is 0.376 e. The Morgan fingerprint density at radius 3 is 2.53 bits per heavy atom. The molecule has 106 valence electrons. The summed E-state index contributed by atoms with van der Waals surface area (Å²) in [5, 5.41) is 0. The van der Waals surface area contributed by atoms with Gasteiger partial charge in [0.2, 0.25) is 0 Å². The van der Waals surface area contributed by atoms with Crippen molar-refractivity contribution in [1.29, 1.82) is 0 Å². The molecular weight excluding hydrogens is 257 g/mol. The summed E-state index contributed by atoms with van der Waals surface area (Å²) in [6, 6.07) is 0.151. The Balaban J connectivity index is 2.41. The Kier molecular flexibility index (Phi) is 3.82. The monoisotopic (exact) mass is 274 g/mol. The molecule has 0 amide bonds. The van der Waals surface area contributed by atoms with E-state index < -0.39 is 23.4 Å². The van der Waals surface area contributed by atoms with E-state index in [1.807, 2.05) is 0 Å².